The van der Waals surface area contributed by atoms with Crippen molar-refractivity contribution in [3.8, 4) is 0 Å². The Morgan fingerprint density at radius 3 is 2.51 bits per heavy atom. The lowest BCUT2D eigenvalue weighted by Gasteiger charge is -2.43. The second kappa shape index (κ2) is 9.45. The van der Waals surface area contributed by atoms with Crippen LogP contribution in [0, 0.1) is 0 Å². The highest BCUT2D eigenvalue weighted by molar-refractivity contribution is 6.30. The molecule has 3 saturated heterocycles. The van der Waals surface area contributed by atoms with Crippen molar-refractivity contribution in [2.45, 2.75) is 70.3 Å². The molecule has 0 N–H and O–H groups in total. The van der Waals surface area contributed by atoms with E-state index in [1.807, 2.05) is 37.8 Å². The van der Waals surface area contributed by atoms with Crippen molar-refractivity contribution in [2.24, 2.45) is 0 Å². The molecule has 0 aliphatic carbocycles. The summed E-state index contributed by atoms with van der Waals surface area (Å²) in [6, 6.07) is 4.37. The molecule has 9 heteroatoms. The van der Waals surface area contributed by atoms with Gasteiger partial charge in [-0.15, -0.1) is 0 Å². The number of halogens is 1. The van der Waals surface area contributed by atoms with Crippen LogP contribution in [0.25, 0.3) is 0 Å². The highest BCUT2D eigenvalue weighted by Crippen LogP contribution is 2.37. The second-order valence-electron chi connectivity index (χ2n) is 11.4. The first-order valence-electron chi connectivity index (χ1n) is 12.7. The van der Waals surface area contributed by atoms with E-state index >= 15 is 0 Å². The molecule has 4 aliphatic rings. The Balaban J connectivity index is 1.41. The summed E-state index contributed by atoms with van der Waals surface area (Å²) < 4.78 is 11.5. The third-order valence-electron chi connectivity index (χ3n) is 7.61. The number of hydrogen-bond donors (Lipinski definition) is 0. The molecule has 1 aromatic rings. The van der Waals surface area contributed by atoms with Crippen LogP contribution in [0.1, 0.15) is 56.3 Å². The van der Waals surface area contributed by atoms with Gasteiger partial charge in [-0.3, -0.25) is 4.90 Å². The number of hydrogen-bond acceptors (Lipinski definition) is 5. The summed E-state index contributed by atoms with van der Waals surface area (Å²) in [6.07, 6.45) is 2.56. The summed E-state index contributed by atoms with van der Waals surface area (Å²) in [5.74, 6) is 0. The predicted molar refractivity (Wildman–Crippen MR) is 134 cm³/mol. The fourth-order valence-corrected chi connectivity index (χ4v) is 6.36. The van der Waals surface area contributed by atoms with Gasteiger partial charge in [0.1, 0.15) is 5.60 Å². The summed E-state index contributed by atoms with van der Waals surface area (Å²) in [7, 11) is 2.14. The van der Waals surface area contributed by atoms with Crippen molar-refractivity contribution in [2.75, 3.05) is 46.4 Å². The normalized spacial score (nSPS) is 27.1. The molecule has 3 unspecified atom stereocenters. The van der Waals surface area contributed by atoms with E-state index in [-0.39, 0.29) is 18.2 Å². The van der Waals surface area contributed by atoms with E-state index < -0.39 is 5.60 Å². The zero-order chi connectivity index (χ0) is 24.9. The third-order valence-corrected chi connectivity index (χ3v) is 7.83. The van der Waals surface area contributed by atoms with E-state index in [0.717, 1.165) is 49.0 Å². The van der Waals surface area contributed by atoms with Crippen LogP contribution in [-0.2, 0) is 22.4 Å². The van der Waals surface area contributed by atoms with Crippen molar-refractivity contribution >= 4 is 23.7 Å². The maximum absolute atomic E-state index is 13.7. The molecule has 3 fully saturated rings. The van der Waals surface area contributed by atoms with Crippen LogP contribution in [0.5, 0.6) is 0 Å². The number of urea groups is 1. The molecule has 8 nitrogen and oxygen atoms in total. The molecular weight excluding hydrogens is 468 g/mol. The van der Waals surface area contributed by atoms with Crippen LogP contribution in [-0.4, -0.2) is 95.8 Å². The summed E-state index contributed by atoms with van der Waals surface area (Å²) in [4.78, 5) is 35.0. The highest BCUT2D eigenvalue weighted by Gasteiger charge is 2.44. The molecule has 5 rings (SSSR count). The number of nitrogens with zero attached hydrogens (tertiary/aromatic N) is 4. The average molecular weight is 505 g/mol. The Morgan fingerprint density at radius 1 is 1.11 bits per heavy atom. The van der Waals surface area contributed by atoms with E-state index in [1.165, 1.54) is 0 Å². The zero-order valence-electron chi connectivity index (χ0n) is 21.3. The maximum Gasteiger partial charge on any atom is 0.410 e. The van der Waals surface area contributed by atoms with Gasteiger partial charge in [-0.2, -0.15) is 0 Å². The molecule has 2 bridgehead atoms. The number of piperazine rings is 1. The predicted octanol–water partition coefficient (Wildman–Crippen LogP) is 3.90. The minimum atomic E-state index is -0.585. The molecule has 0 aromatic heterocycles. The number of morpholine rings is 1. The molecular formula is C26H37ClN4O4. The number of likely N-dealkylation sites (tertiary alicyclic amines) is 1. The zero-order valence-corrected chi connectivity index (χ0v) is 22.0. The number of fused-ring (bicyclic) bond motifs is 3. The number of ether oxygens (including phenoxy) is 2. The van der Waals surface area contributed by atoms with Gasteiger partial charge in [0.05, 0.1) is 19.3 Å². The Hall–Kier alpha value is -2.03. The molecule has 4 aliphatic heterocycles. The molecule has 35 heavy (non-hydrogen) atoms. The molecule has 0 spiro atoms. The smallest absolute Gasteiger partial charge is 0.410 e. The van der Waals surface area contributed by atoms with Crippen molar-refractivity contribution in [1.29, 1.82) is 0 Å². The molecule has 0 saturated carbocycles. The van der Waals surface area contributed by atoms with E-state index in [2.05, 4.69) is 16.8 Å². The first kappa shape index (κ1) is 24.7. The quantitative estimate of drug-likeness (QED) is 0.580. The van der Waals surface area contributed by atoms with Crippen LogP contribution in [0.4, 0.5) is 9.59 Å². The van der Waals surface area contributed by atoms with Gasteiger partial charge < -0.3 is 24.2 Å². The second-order valence-corrected chi connectivity index (χ2v) is 11.8. The Labute approximate surface area is 213 Å². The van der Waals surface area contributed by atoms with Crippen LogP contribution < -0.4 is 0 Å². The summed E-state index contributed by atoms with van der Waals surface area (Å²) in [6.45, 7) is 9.99. The fourth-order valence-electron chi connectivity index (χ4n) is 6.11. The number of likely N-dealkylation sites (N-methyl/N-ethyl adjacent to an activating group) is 1. The average Bonchev–Trinajstić information content (AvgIpc) is 3.07. The van der Waals surface area contributed by atoms with E-state index in [0.29, 0.717) is 50.0 Å². The van der Waals surface area contributed by atoms with E-state index in [4.69, 9.17) is 21.1 Å². The van der Waals surface area contributed by atoms with Crippen LogP contribution in [0.3, 0.4) is 0 Å². The number of rotatable bonds is 1. The van der Waals surface area contributed by atoms with Gasteiger partial charge in [0, 0.05) is 49.8 Å². The van der Waals surface area contributed by atoms with Gasteiger partial charge in [-0.25, -0.2) is 9.59 Å². The van der Waals surface area contributed by atoms with E-state index in [1.54, 1.807) is 4.90 Å². The maximum atomic E-state index is 13.7. The van der Waals surface area contributed by atoms with Crippen LogP contribution >= 0.6 is 11.6 Å². The fraction of sp³-hybridized carbons (Fsp3) is 0.692. The van der Waals surface area contributed by atoms with Crippen LogP contribution in [0.15, 0.2) is 12.1 Å². The summed E-state index contributed by atoms with van der Waals surface area (Å²) in [5.41, 5.74) is 2.60. The van der Waals surface area contributed by atoms with Gasteiger partial charge in [-0.1, -0.05) is 11.6 Å². The lowest BCUT2D eigenvalue weighted by molar-refractivity contribution is -0.0334. The number of benzene rings is 1. The van der Waals surface area contributed by atoms with Crippen molar-refractivity contribution < 1.29 is 19.1 Å². The van der Waals surface area contributed by atoms with Crippen molar-refractivity contribution in [3.05, 3.63) is 33.8 Å². The van der Waals surface area contributed by atoms with Gasteiger partial charge >= 0.3 is 12.1 Å². The Morgan fingerprint density at radius 2 is 1.83 bits per heavy atom. The molecule has 0 radical (unpaired) electrons. The topological polar surface area (TPSA) is 65.6 Å². The van der Waals surface area contributed by atoms with Gasteiger partial charge in [-0.05, 0) is 75.9 Å². The highest BCUT2D eigenvalue weighted by atomic mass is 35.5. The summed E-state index contributed by atoms with van der Waals surface area (Å²) in [5, 5.41) is 0.644. The van der Waals surface area contributed by atoms with Gasteiger partial charge in [0.25, 0.3) is 0 Å². The van der Waals surface area contributed by atoms with Gasteiger partial charge in [0.15, 0.2) is 0 Å². The standard InChI is InChI=1S/C26H37ClN4O4/c1-26(2,3)35-25(33)30-9-10-34-16-23(30)21-12-18(27)11-17-7-8-29(15-22(17)21)24(32)31-19-5-6-20(31)14-28(4)13-19/h11-12,19-20,23H,5-10,13-16H2,1-4H3. The lowest BCUT2D eigenvalue weighted by atomic mass is 9.90. The monoisotopic (exact) mass is 504 g/mol. The Bertz CT molecular complexity index is 982. The molecule has 3 amide bonds. The number of carbonyl (C=O) groups is 2. The third kappa shape index (κ3) is 4.98. The minimum Gasteiger partial charge on any atom is -0.444 e. The van der Waals surface area contributed by atoms with Gasteiger partial charge in [0.2, 0.25) is 0 Å². The molecule has 192 valence electrons. The largest absolute Gasteiger partial charge is 0.444 e. The van der Waals surface area contributed by atoms with Crippen molar-refractivity contribution in [1.82, 2.24) is 19.6 Å². The lowest BCUT2D eigenvalue weighted by Crippen LogP contribution is -2.58. The first-order chi connectivity index (χ1) is 16.6. The number of carbonyl (C=O) groups excluding carboxylic acids is 2. The van der Waals surface area contributed by atoms with E-state index in [9.17, 15) is 9.59 Å². The first-order valence-corrected chi connectivity index (χ1v) is 13.1. The SMILES string of the molecule is CN1CC2CCC(C1)N2C(=O)N1CCc2cc(Cl)cc(C3COCCN3C(=O)OC(C)(C)C)c2C1. The Kier molecular flexibility index (Phi) is 6.66. The molecule has 4 heterocycles. The van der Waals surface area contributed by atoms with Crippen molar-refractivity contribution in [3.63, 3.8) is 0 Å². The minimum absolute atomic E-state index is 0.140. The molecule has 3 atom stereocenters. The molecule has 1 aromatic carbocycles. The van der Waals surface area contributed by atoms with Crippen LogP contribution in [0.2, 0.25) is 5.02 Å². The number of amides is 3. The summed E-state index contributed by atoms with van der Waals surface area (Å²) >= 11 is 6.55.